The fraction of sp³-hybridized carbons (Fsp3) is 0.889. The molecular weight excluding hydrogens is 193 g/mol. The second-order valence-corrected chi connectivity index (χ2v) is 4.38. The second kappa shape index (κ2) is 7.53. The Kier molecular flexibility index (Phi) is 7.16. The molecule has 5 N–H and O–H groups in total. The SMILES string of the molecule is CB(O)NCC(C/C(N)=N/O)CC(C)C. The van der Waals surface area contributed by atoms with Crippen LogP contribution in [0.1, 0.15) is 26.7 Å². The molecule has 0 aromatic carbocycles. The normalized spacial score (nSPS) is 14.3. The highest BCUT2D eigenvalue weighted by Crippen LogP contribution is 2.14. The van der Waals surface area contributed by atoms with Crippen LogP contribution >= 0.6 is 0 Å². The first-order valence-electron chi connectivity index (χ1n) is 5.33. The van der Waals surface area contributed by atoms with E-state index in [1.165, 1.54) is 0 Å². The predicted molar refractivity (Wildman–Crippen MR) is 62.8 cm³/mol. The van der Waals surface area contributed by atoms with Gasteiger partial charge in [-0.25, -0.2) is 0 Å². The summed E-state index contributed by atoms with van der Waals surface area (Å²) < 4.78 is 0. The summed E-state index contributed by atoms with van der Waals surface area (Å²) in [5.74, 6) is 1.08. The van der Waals surface area contributed by atoms with Gasteiger partial charge in [0.05, 0.1) is 0 Å². The van der Waals surface area contributed by atoms with E-state index in [0.717, 1.165) is 6.42 Å². The monoisotopic (exact) mass is 215 g/mol. The minimum absolute atomic E-state index is 0.244. The standard InChI is InChI=1S/C9H22BN3O2/c1-7(2)4-8(5-9(11)13-15)6-12-10(3)14/h7-8,12,14-15H,4-6H2,1-3H3,(H2,11,13). The van der Waals surface area contributed by atoms with Crippen LogP contribution in [0.3, 0.4) is 0 Å². The molecule has 0 aromatic heterocycles. The Labute approximate surface area is 91.9 Å². The Bertz CT molecular complexity index is 198. The van der Waals surface area contributed by atoms with E-state index >= 15 is 0 Å². The smallest absolute Gasteiger partial charge is 0.373 e. The molecule has 88 valence electrons. The van der Waals surface area contributed by atoms with Gasteiger partial charge >= 0.3 is 7.05 Å². The van der Waals surface area contributed by atoms with Crippen molar-refractivity contribution in [2.45, 2.75) is 33.5 Å². The van der Waals surface area contributed by atoms with Gasteiger partial charge in [-0.15, -0.1) is 0 Å². The van der Waals surface area contributed by atoms with Crippen LogP contribution in [-0.2, 0) is 0 Å². The van der Waals surface area contributed by atoms with Gasteiger partial charge in [-0.3, -0.25) is 0 Å². The van der Waals surface area contributed by atoms with Crippen LogP contribution in [0.2, 0.25) is 6.82 Å². The maximum atomic E-state index is 9.10. The molecule has 0 aliphatic carbocycles. The zero-order valence-corrected chi connectivity index (χ0v) is 9.77. The van der Waals surface area contributed by atoms with E-state index < -0.39 is 7.05 Å². The number of nitrogens with one attached hydrogen (secondary N) is 1. The number of rotatable bonds is 7. The Morgan fingerprint density at radius 1 is 1.53 bits per heavy atom. The van der Waals surface area contributed by atoms with Crippen molar-refractivity contribution in [1.82, 2.24) is 5.23 Å². The van der Waals surface area contributed by atoms with Crippen LogP contribution in [0.25, 0.3) is 0 Å². The lowest BCUT2D eigenvalue weighted by molar-refractivity contribution is 0.313. The molecule has 0 bridgehead atoms. The van der Waals surface area contributed by atoms with Gasteiger partial charge in [0.2, 0.25) is 0 Å². The highest BCUT2D eigenvalue weighted by Gasteiger charge is 2.14. The molecule has 0 heterocycles. The van der Waals surface area contributed by atoms with Gasteiger partial charge in [0.25, 0.3) is 0 Å². The van der Waals surface area contributed by atoms with E-state index in [1.807, 2.05) is 0 Å². The minimum Gasteiger partial charge on any atom is -0.437 e. The van der Waals surface area contributed by atoms with E-state index in [1.54, 1.807) is 6.82 Å². The van der Waals surface area contributed by atoms with E-state index in [4.69, 9.17) is 16.0 Å². The zero-order chi connectivity index (χ0) is 11.8. The number of nitrogens with zero attached hydrogens (tertiary/aromatic N) is 1. The van der Waals surface area contributed by atoms with Crippen molar-refractivity contribution in [3.63, 3.8) is 0 Å². The fourth-order valence-corrected chi connectivity index (χ4v) is 1.58. The average Bonchev–Trinajstić information content (AvgIpc) is 2.13. The highest BCUT2D eigenvalue weighted by atomic mass is 16.4. The average molecular weight is 215 g/mol. The van der Waals surface area contributed by atoms with Crippen molar-refractivity contribution in [2.24, 2.45) is 22.7 Å². The van der Waals surface area contributed by atoms with Crippen molar-refractivity contribution in [1.29, 1.82) is 0 Å². The zero-order valence-electron chi connectivity index (χ0n) is 9.77. The topological polar surface area (TPSA) is 90.9 Å². The van der Waals surface area contributed by atoms with Crippen molar-refractivity contribution in [3.05, 3.63) is 0 Å². The summed E-state index contributed by atoms with van der Waals surface area (Å²) in [4.78, 5) is 0. The molecular formula is C9H22BN3O2. The van der Waals surface area contributed by atoms with Gasteiger partial charge in [0.15, 0.2) is 0 Å². The largest absolute Gasteiger partial charge is 0.437 e. The summed E-state index contributed by atoms with van der Waals surface area (Å²) in [6.45, 7) is 6.60. The van der Waals surface area contributed by atoms with Crippen LogP contribution in [0.4, 0.5) is 0 Å². The number of oxime groups is 1. The Morgan fingerprint density at radius 3 is 2.53 bits per heavy atom. The first-order chi connectivity index (χ1) is 6.95. The van der Waals surface area contributed by atoms with Crippen LogP contribution in [0, 0.1) is 11.8 Å². The number of nitrogens with two attached hydrogens (primary N) is 1. The predicted octanol–water partition coefficient (Wildman–Crippen LogP) is 0.485. The minimum atomic E-state index is -0.521. The van der Waals surface area contributed by atoms with Gasteiger partial charge in [0, 0.05) is 6.42 Å². The molecule has 15 heavy (non-hydrogen) atoms. The number of hydrogen-bond donors (Lipinski definition) is 4. The molecule has 1 atom stereocenters. The first kappa shape index (κ1) is 14.3. The third-order valence-electron chi connectivity index (χ3n) is 2.13. The van der Waals surface area contributed by atoms with Gasteiger partial charge in [-0.1, -0.05) is 19.0 Å². The van der Waals surface area contributed by atoms with Gasteiger partial charge in [-0.05, 0) is 31.6 Å². The van der Waals surface area contributed by atoms with Crippen LogP contribution < -0.4 is 11.0 Å². The summed E-state index contributed by atoms with van der Waals surface area (Å²) in [6.07, 6.45) is 1.53. The molecule has 0 aliphatic heterocycles. The molecule has 6 heteroatoms. The van der Waals surface area contributed by atoms with Crippen LogP contribution in [0.5, 0.6) is 0 Å². The van der Waals surface area contributed by atoms with E-state index in [2.05, 4.69) is 24.2 Å². The van der Waals surface area contributed by atoms with E-state index in [0.29, 0.717) is 18.9 Å². The molecule has 5 nitrogen and oxygen atoms in total. The summed E-state index contributed by atoms with van der Waals surface area (Å²) in [7, 11) is -0.521. The fourth-order valence-electron chi connectivity index (χ4n) is 1.58. The summed E-state index contributed by atoms with van der Waals surface area (Å²) in [5, 5.41) is 23.5. The van der Waals surface area contributed by atoms with Crippen molar-refractivity contribution >= 4 is 12.9 Å². The summed E-state index contributed by atoms with van der Waals surface area (Å²) in [5.41, 5.74) is 5.47. The van der Waals surface area contributed by atoms with E-state index in [-0.39, 0.29) is 11.8 Å². The lowest BCUT2D eigenvalue weighted by Gasteiger charge is -2.19. The van der Waals surface area contributed by atoms with Crippen molar-refractivity contribution in [2.75, 3.05) is 6.54 Å². The molecule has 0 rings (SSSR count). The lowest BCUT2D eigenvalue weighted by Crippen LogP contribution is -2.36. The first-order valence-corrected chi connectivity index (χ1v) is 5.33. The molecule has 0 fully saturated rings. The molecule has 0 amide bonds. The molecule has 0 aromatic rings. The Balaban J connectivity index is 4.06. The lowest BCUT2D eigenvalue weighted by atomic mass is 9.86. The number of hydrogen-bond acceptors (Lipinski definition) is 4. The van der Waals surface area contributed by atoms with Crippen LogP contribution in [-0.4, -0.2) is 29.7 Å². The summed E-state index contributed by atoms with van der Waals surface area (Å²) >= 11 is 0. The Morgan fingerprint density at radius 2 is 2.13 bits per heavy atom. The molecule has 0 radical (unpaired) electrons. The Hall–Kier alpha value is -0.745. The molecule has 0 spiro atoms. The van der Waals surface area contributed by atoms with Crippen LogP contribution in [0.15, 0.2) is 5.16 Å². The molecule has 0 aliphatic rings. The highest BCUT2D eigenvalue weighted by molar-refractivity contribution is 6.45. The van der Waals surface area contributed by atoms with Gasteiger partial charge in [0.1, 0.15) is 5.84 Å². The number of amidine groups is 1. The third kappa shape index (κ3) is 8.26. The molecule has 0 saturated heterocycles. The molecule has 0 saturated carbocycles. The van der Waals surface area contributed by atoms with Crippen molar-refractivity contribution in [3.8, 4) is 0 Å². The van der Waals surface area contributed by atoms with E-state index in [9.17, 15) is 0 Å². The van der Waals surface area contributed by atoms with Gasteiger partial charge < -0.3 is 21.2 Å². The maximum absolute atomic E-state index is 9.10. The third-order valence-corrected chi connectivity index (χ3v) is 2.13. The second-order valence-electron chi connectivity index (χ2n) is 4.38. The van der Waals surface area contributed by atoms with Gasteiger partial charge in [-0.2, -0.15) is 0 Å². The summed E-state index contributed by atoms with van der Waals surface area (Å²) in [6, 6.07) is 0. The molecule has 1 unspecified atom stereocenters. The maximum Gasteiger partial charge on any atom is 0.373 e. The quantitative estimate of drug-likeness (QED) is 0.163. The van der Waals surface area contributed by atoms with Crippen molar-refractivity contribution < 1.29 is 10.2 Å².